The van der Waals surface area contributed by atoms with Crippen LogP contribution in [0.5, 0.6) is 0 Å². The lowest BCUT2D eigenvalue weighted by atomic mass is 9.82. The molecule has 1 heterocycles. The fraction of sp³-hybridized carbons (Fsp3) is 0.0492. The minimum Gasteiger partial charge on any atom is -0.310 e. The molecule has 2 heteroatoms. The van der Waals surface area contributed by atoms with Gasteiger partial charge in [-0.15, -0.1) is 0 Å². The van der Waals surface area contributed by atoms with Gasteiger partial charge < -0.3 is 9.47 Å². The molecule has 298 valence electrons. The lowest BCUT2D eigenvalue weighted by Gasteiger charge is -2.29. The van der Waals surface area contributed by atoms with Crippen LogP contribution in [0, 0.1) is 0 Å². The van der Waals surface area contributed by atoms with Gasteiger partial charge in [-0.05, 0) is 122 Å². The van der Waals surface area contributed by atoms with Crippen molar-refractivity contribution in [2.75, 3.05) is 4.90 Å². The zero-order valence-electron chi connectivity index (χ0n) is 35.3. The van der Waals surface area contributed by atoms with Crippen LogP contribution in [0.2, 0.25) is 0 Å². The zero-order valence-corrected chi connectivity index (χ0v) is 35.3. The lowest BCUT2D eigenvalue weighted by molar-refractivity contribution is 0.660. The molecule has 0 unspecified atom stereocenters. The van der Waals surface area contributed by atoms with Gasteiger partial charge in [-0.2, -0.15) is 0 Å². The van der Waals surface area contributed by atoms with Crippen molar-refractivity contribution in [2.24, 2.45) is 0 Å². The summed E-state index contributed by atoms with van der Waals surface area (Å²) < 4.78 is 2.45. The van der Waals surface area contributed by atoms with Crippen molar-refractivity contribution in [1.82, 2.24) is 4.57 Å². The molecule has 0 saturated heterocycles. The highest BCUT2D eigenvalue weighted by atomic mass is 15.1. The molecular formula is C61H44N2. The van der Waals surface area contributed by atoms with Gasteiger partial charge in [0.25, 0.3) is 0 Å². The minimum atomic E-state index is -0.137. The maximum absolute atomic E-state index is 2.45. The molecule has 1 aliphatic carbocycles. The Hall–Kier alpha value is -7.94. The van der Waals surface area contributed by atoms with Gasteiger partial charge in [0.2, 0.25) is 0 Å². The first kappa shape index (κ1) is 36.9. The monoisotopic (exact) mass is 804 g/mol. The van der Waals surface area contributed by atoms with Crippen LogP contribution in [-0.2, 0) is 5.41 Å². The summed E-state index contributed by atoms with van der Waals surface area (Å²) in [5.41, 5.74) is 19.2. The van der Waals surface area contributed by atoms with E-state index >= 15 is 0 Å². The SMILES string of the molecule is CC1(C)c2ccccc2-c2ccc(N(c3ccc(-c4ccccc4)cc3)c3ccc(-c4ccccc4-n4c5ccccc5c5ccccc54)c(-c4ccc5ccccc5c4)c3)cc21. The predicted molar refractivity (Wildman–Crippen MR) is 267 cm³/mol. The van der Waals surface area contributed by atoms with E-state index < -0.39 is 0 Å². The van der Waals surface area contributed by atoms with Crippen molar-refractivity contribution in [1.29, 1.82) is 0 Å². The van der Waals surface area contributed by atoms with Crippen molar-refractivity contribution < 1.29 is 0 Å². The van der Waals surface area contributed by atoms with Crippen LogP contribution in [0.3, 0.4) is 0 Å². The van der Waals surface area contributed by atoms with E-state index in [1.165, 1.54) is 88.2 Å². The van der Waals surface area contributed by atoms with E-state index in [1.54, 1.807) is 0 Å². The van der Waals surface area contributed by atoms with Crippen molar-refractivity contribution >= 4 is 49.6 Å². The summed E-state index contributed by atoms with van der Waals surface area (Å²) in [6, 6.07) is 84.8. The molecule has 0 aliphatic heterocycles. The van der Waals surface area contributed by atoms with Crippen LogP contribution in [0.25, 0.3) is 82.8 Å². The fourth-order valence-electron chi connectivity index (χ4n) is 10.3. The Kier molecular flexibility index (Phi) is 8.55. The summed E-state index contributed by atoms with van der Waals surface area (Å²) in [7, 11) is 0. The molecule has 0 bridgehead atoms. The second-order valence-electron chi connectivity index (χ2n) is 17.3. The third-order valence-electron chi connectivity index (χ3n) is 13.4. The predicted octanol–water partition coefficient (Wildman–Crippen LogP) is 16.7. The second kappa shape index (κ2) is 14.6. The number of anilines is 3. The van der Waals surface area contributed by atoms with Crippen LogP contribution in [0.1, 0.15) is 25.0 Å². The summed E-state index contributed by atoms with van der Waals surface area (Å²) in [5, 5.41) is 4.95. The molecule has 1 aromatic heterocycles. The Morgan fingerprint density at radius 2 is 0.873 bits per heavy atom. The largest absolute Gasteiger partial charge is 0.310 e. The quantitative estimate of drug-likeness (QED) is 0.156. The molecule has 0 atom stereocenters. The summed E-state index contributed by atoms with van der Waals surface area (Å²) >= 11 is 0. The van der Waals surface area contributed by atoms with E-state index in [4.69, 9.17) is 0 Å². The van der Waals surface area contributed by atoms with E-state index in [0.29, 0.717) is 0 Å². The van der Waals surface area contributed by atoms with Crippen LogP contribution in [0.4, 0.5) is 17.1 Å². The van der Waals surface area contributed by atoms with E-state index in [0.717, 1.165) is 22.7 Å². The molecular weight excluding hydrogens is 761 g/mol. The molecule has 12 rings (SSSR count). The van der Waals surface area contributed by atoms with Gasteiger partial charge in [-0.25, -0.2) is 0 Å². The fourth-order valence-corrected chi connectivity index (χ4v) is 10.3. The highest BCUT2D eigenvalue weighted by Crippen LogP contribution is 2.51. The number of fused-ring (bicyclic) bond motifs is 7. The first-order chi connectivity index (χ1) is 31.0. The van der Waals surface area contributed by atoms with E-state index in [2.05, 4.69) is 254 Å². The second-order valence-corrected chi connectivity index (χ2v) is 17.3. The summed E-state index contributed by atoms with van der Waals surface area (Å²) in [6.45, 7) is 4.73. The molecule has 0 radical (unpaired) electrons. The number of hydrogen-bond acceptors (Lipinski definition) is 1. The third kappa shape index (κ3) is 6.02. The molecule has 10 aromatic carbocycles. The van der Waals surface area contributed by atoms with Crippen molar-refractivity contribution in [3.05, 3.63) is 242 Å². The number of benzene rings is 10. The molecule has 0 spiro atoms. The Balaban J connectivity index is 1.09. The van der Waals surface area contributed by atoms with Crippen LogP contribution in [-0.4, -0.2) is 4.57 Å². The summed E-state index contributed by atoms with van der Waals surface area (Å²) in [5.74, 6) is 0. The average molecular weight is 805 g/mol. The highest BCUT2D eigenvalue weighted by molar-refractivity contribution is 6.10. The number of rotatable bonds is 7. The molecule has 63 heavy (non-hydrogen) atoms. The van der Waals surface area contributed by atoms with Gasteiger partial charge in [-0.3, -0.25) is 0 Å². The Morgan fingerprint density at radius 3 is 1.63 bits per heavy atom. The maximum atomic E-state index is 2.45. The zero-order chi connectivity index (χ0) is 42.1. The molecule has 0 N–H and O–H groups in total. The average Bonchev–Trinajstić information content (AvgIpc) is 3.80. The first-order valence-electron chi connectivity index (χ1n) is 21.9. The van der Waals surface area contributed by atoms with Gasteiger partial charge in [0.15, 0.2) is 0 Å². The summed E-state index contributed by atoms with van der Waals surface area (Å²) in [4.78, 5) is 2.45. The van der Waals surface area contributed by atoms with Crippen LogP contribution < -0.4 is 4.90 Å². The standard InChI is InChI=1S/C61H44N2/c1-61(2)56-24-12-8-20-50(56)51-37-35-48(40-57(51)61)62(46-32-30-43(31-33-46)41-16-4-3-5-17-41)47-34-36-49(55(39-47)45-29-28-42-18-6-7-19-44(42)38-45)52-21-9-13-25-58(52)63-59-26-14-10-22-53(59)54-23-11-15-27-60(54)63/h3-40H,1-2H3. The van der Waals surface area contributed by atoms with Crippen LogP contribution in [0.15, 0.2) is 231 Å². The number of hydrogen-bond donors (Lipinski definition) is 0. The normalized spacial score (nSPS) is 12.7. The van der Waals surface area contributed by atoms with Gasteiger partial charge in [0.05, 0.1) is 16.7 Å². The van der Waals surface area contributed by atoms with E-state index in [1.807, 2.05) is 0 Å². The van der Waals surface area contributed by atoms with Gasteiger partial charge >= 0.3 is 0 Å². The van der Waals surface area contributed by atoms with E-state index in [9.17, 15) is 0 Å². The lowest BCUT2D eigenvalue weighted by Crippen LogP contribution is -2.16. The van der Waals surface area contributed by atoms with Gasteiger partial charge in [0.1, 0.15) is 0 Å². The van der Waals surface area contributed by atoms with E-state index in [-0.39, 0.29) is 5.41 Å². The molecule has 0 fully saturated rings. The van der Waals surface area contributed by atoms with Crippen molar-refractivity contribution in [2.45, 2.75) is 19.3 Å². The number of nitrogens with zero attached hydrogens (tertiary/aromatic N) is 2. The van der Waals surface area contributed by atoms with Crippen molar-refractivity contribution in [3.63, 3.8) is 0 Å². The molecule has 2 nitrogen and oxygen atoms in total. The Morgan fingerprint density at radius 1 is 0.333 bits per heavy atom. The summed E-state index contributed by atoms with van der Waals surface area (Å²) in [6.07, 6.45) is 0. The van der Waals surface area contributed by atoms with Crippen molar-refractivity contribution in [3.8, 4) is 50.2 Å². The topological polar surface area (TPSA) is 8.17 Å². The first-order valence-corrected chi connectivity index (χ1v) is 21.9. The number of aromatic nitrogens is 1. The van der Waals surface area contributed by atoms with Gasteiger partial charge in [0, 0.05) is 38.8 Å². The molecule has 11 aromatic rings. The Bertz CT molecular complexity index is 3480. The Labute approximate surface area is 368 Å². The maximum Gasteiger partial charge on any atom is 0.0541 e. The number of para-hydroxylation sites is 3. The van der Waals surface area contributed by atoms with Gasteiger partial charge in [-0.1, -0.05) is 184 Å². The molecule has 0 amide bonds. The third-order valence-corrected chi connectivity index (χ3v) is 13.4. The molecule has 0 saturated carbocycles. The smallest absolute Gasteiger partial charge is 0.0541 e. The minimum absolute atomic E-state index is 0.137. The molecule has 1 aliphatic rings. The van der Waals surface area contributed by atoms with Crippen LogP contribution >= 0.6 is 0 Å². The highest BCUT2D eigenvalue weighted by Gasteiger charge is 2.36.